The lowest BCUT2D eigenvalue weighted by molar-refractivity contribution is -0.130. The molecule has 3 unspecified atom stereocenters. The lowest BCUT2D eigenvalue weighted by Crippen LogP contribution is -2.57. The zero-order valence-electron chi connectivity index (χ0n) is 53.9. The average Bonchev–Trinajstić information content (AvgIpc) is 1.48. The zero-order valence-corrected chi connectivity index (χ0v) is 53.9. The topological polar surface area (TPSA) is 379 Å². The van der Waals surface area contributed by atoms with Crippen molar-refractivity contribution < 1.29 is 66.8 Å². The number of fused-ring (bicyclic) bond motifs is 1. The minimum absolute atomic E-state index is 0.0280. The Hall–Kier alpha value is -10.4. The number of esters is 1. The van der Waals surface area contributed by atoms with Crippen molar-refractivity contribution >= 4 is 70.3 Å². The van der Waals surface area contributed by atoms with Crippen molar-refractivity contribution in [2.24, 2.45) is 29.2 Å². The standard InChI is InChI=1S/C70H84N12O14/c1-41(83)78-39-58(84)80-54(14-9-30-77-67(73)74)65(87)79-38-50-36-49(27-32-82(50)69(90)95-57-26-24-53-46-12-8-28-70(53)59-47(35-46)20-25-56(91-2)60(59)96-61(57)70)63(85)75-29-7-6-13-55(81-68(89)93-40-42-10-4-3-5-11-42)64(86)76-31-33-92-51-21-17-43(18-22-51)66(88)94-52-23-19-44-34-48(62(71)72)16-15-45(44)37-52/h3-5,10-11,15-23,25-26,34,37,46,49-50,53-55,61H,6-9,12-14,24,27-33,35-36,38-40H2,1-2H3,(H3,71,72)(H,75,85)(H,76,86)(H,78,83)(H,79,87)(H,80,84)(H,81,89)(H4,73,74,77)/t46-,49?,50?,53+,54-,55?,61+,70+/m1/s1. The highest BCUT2D eigenvalue weighted by molar-refractivity contribution is 6.00. The van der Waals surface area contributed by atoms with Crippen LogP contribution in [0.5, 0.6) is 23.0 Å². The van der Waals surface area contributed by atoms with Crippen LogP contribution in [0.4, 0.5) is 9.59 Å². The monoisotopic (exact) mass is 1320 g/mol. The van der Waals surface area contributed by atoms with Crippen LogP contribution < -0.4 is 67.6 Å². The Morgan fingerprint density at radius 3 is 2.25 bits per heavy atom. The van der Waals surface area contributed by atoms with Gasteiger partial charge in [-0.2, -0.15) is 0 Å². The number of amides is 7. The number of nitrogens with zero attached hydrogens (tertiary/aromatic N) is 1. The molecular weight excluding hydrogens is 1230 g/mol. The van der Waals surface area contributed by atoms with Crippen molar-refractivity contribution in [1.29, 1.82) is 10.8 Å². The Balaban J connectivity index is 0.748. The number of unbranched alkanes of at least 4 members (excludes halogenated alkanes) is 1. The molecule has 13 N–H and O–H groups in total. The van der Waals surface area contributed by atoms with Gasteiger partial charge in [-0.05, 0) is 159 Å². The highest BCUT2D eigenvalue weighted by atomic mass is 16.6. The molecule has 26 heteroatoms. The van der Waals surface area contributed by atoms with E-state index in [1.54, 1.807) is 79.9 Å². The van der Waals surface area contributed by atoms with Crippen molar-refractivity contribution in [1.82, 2.24) is 42.1 Å². The van der Waals surface area contributed by atoms with E-state index in [-0.39, 0.29) is 101 Å². The SMILES string of the molecule is COc1ccc2c3c1O[C@H]1C(OC(=O)N4CCC(C(=O)NCCCCC(NC(=O)OCc5ccccc5)C(=O)NCCOc5ccc(C(=O)Oc6ccc7cc(C(=N)N)ccc7c6)cc5)CC4CNC(=O)[C@@H](CCCNC(=N)N)NC(=O)CNC(C)=O)=CC[C@H]4[C@H](CCC[C@]314)C2. The Bertz CT molecular complexity index is 3760. The molecule has 5 aromatic carbocycles. The number of benzene rings is 5. The number of carbonyl (C=O) groups excluding carboxylic acids is 8. The minimum Gasteiger partial charge on any atom is -0.493 e. The summed E-state index contributed by atoms with van der Waals surface area (Å²) in [4.78, 5) is 109. The molecule has 26 nitrogen and oxygen atoms in total. The lowest BCUT2D eigenvalue weighted by Gasteiger charge is -2.53. The molecule has 508 valence electrons. The van der Waals surface area contributed by atoms with Gasteiger partial charge in [0.2, 0.25) is 29.5 Å². The van der Waals surface area contributed by atoms with Gasteiger partial charge in [0, 0.05) is 55.6 Å². The molecule has 3 aliphatic carbocycles. The molecule has 5 aliphatic rings. The van der Waals surface area contributed by atoms with Crippen LogP contribution in [0.2, 0.25) is 0 Å². The Labute approximate surface area is 556 Å². The fourth-order valence-corrected chi connectivity index (χ4v) is 14.0. The third-order valence-corrected chi connectivity index (χ3v) is 18.6. The number of nitrogens with one attached hydrogen (secondary N) is 9. The quantitative estimate of drug-likeness (QED) is 0.00911. The van der Waals surface area contributed by atoms with Crippen LogP contribution in [0.1, 0.15) is 110 Å². The zero-order chi connectivity index (χ0) is 67.9. The average molecular weight is 1320 g/mol. The fraction of sp³-hybridized carbons (Fsp3) is 0.429. The van der Waals surface area contributed by atoms with Crippen molar-refractivity contribution in [2.45, 2.75) is 120 Å². The Morgan fingerprint density at radius 1 is 0.750 bits per heavy atom. The number of hydrogen-bond donors (Lipinski definition) is 11. The largest absolute Gasteiger partial charge is 0.493 e. The molecule has 96 heavy (non-hydrogen) atoms. The van der Waals surface area contributed by atoms with Crippen LogP contribution in [-0.2, 0) is 51.9 Å². The maximum Gasteiger partial charge on any atom is 0.415 e. The first-order valence-corrected chi connectivity index (χ1v) is 32.7. The summed E-state index contributed by atoms with van der Waals surface area (Å²) in [6, 6.07) is 27.1. The normalized spacial score (nSPS) is 20.0. The van der Waals surface area contributed by atoms with E-state index in [0.717, 1.165) is 47.6 Å². The molecule has 2 aliphatic heterocycles. The van der Waals surface area contributed by atoms with Gasteiger partial charge in [-0.15, -0.1) is 0 Å². The Kier molecular flexibility index (Phi) is 22.6. The Morgan fingerprint density at radius 2 is 1.48 bits per heavy atom. The lowest BCUT2D eigenvalue weighted by atomic mass is 9.49. The molecule has 1 saturated carbocycles. The highest BCUT2D eigenvalue weighted by Gasteiger charge is 2.64. The second-order valence-electron chi connectivity index (χ2n) is 24.9. The summed E-state index contributed by atoms with van der Waals surface area (Å²) in [5, 5.41) is 36.1. The number of nitrogen functional groups attached to an aromatic ring is 1. The third kappa shape index (κ3) is 16.7. The predicted molar refractivity (Wildman–Crippen MR) is 354 cm³/mol. The van der Waals surface area contributed by atoms with Gasteiger partial charge >= 0.3 is 18.2 Å². The summed E-state index contributed by atoms with van der Waals surface area (Å²) in [5.41, 5.74) is 14.7. The van der Waals surface area contributed by atoms with E-state index in [4.69, 9.17) is 50.7 Å². The first-order valence-electron chi connectivity index (χ1n) is 32.7. The summed E-state index contributed by atoms with van der Waals surface area (Å²) >= 11 is 0. The smallest absolute Gasteiger partial charge is 0.415 e. The van der Waals surface area contributed by atoms with Gasteiger partial charge in [0.15, 0.2) is 23.6 Å². The van der Waals surface area contributed by atoms with Crippen LogP contribution in [0.3, 0.4) is 0 Å². The molecule has 2 bridgehead atoms. The highest BCUT2D eigenvalue weighted by Crippen LogP contribution is 2.66. The minimum atomic E-state index is -1.08. The second-order valence-corrected chi connectivity index (χ2v) is 24.9. The van der Waals surface area contributed by atoms with Gasteiger partial charge in [0.25, 0.3) is 0 Å². The summed E-state index contributed by atoms with van der Waals surface area (Å²) in [6.07, 6.45) is 6.37. The van der Waals surface area contributed by atoms with Gasteiger partial charge in [-0.1, -0.05) is 61.0 Å². The van der Waals surface area contributed by atoms with Crippen molar-refractivity contribution in [3.8, 4) is 23.0 Å². The van der Waals surface area contributed by atoms with E-state index in [1.807, 2.05) is 30.3 Å². The van der Waals surface area contributed by atoms with Crippen molar-refractivity contribution in [3.63, 3.8) is 0 Å². The molecule has 5 aromatic rings. The number of allylic oxidation sites excluding steroid dienone is 1. The summed E-state index contributed by atoms with van der Waals surface area (Å²) in [7, 11) is 1.61. The van der Waals surface area contributed by atoms with E-state index in [1.165, 1.54) is 17.4 Å². The van der Waals surface area contributed by atoms with Crippen LogP contribution in [0.15, 0.2) is 115 Å². The van der Waals surface area contributed by atoms with Gasteiger partial charge in [-0.3, -0.25) is 34.8 Å². The summed E-state index contributed by atoms with van der Waals surface area (Å²) < 4.78 is 36.1. The van der Waals surface area contributed by atoms with Crippen molar-refractivity contribution in [3.05, 3.63) is 143 Å². The maximum atomic E-state index is 14.8. The molecular formula is C70H84N12O14. The summed E-state index contributed by atoms with van der Waals surface area (Å²) in [6.45, 7) is 1.38. The van der Waals surface area contributed by atoms with Gasteiger partial charge in [0.05, 0.1) is 31.8 Å². The molecule has 1 saturated heterocycles. The number of ether oxygens (including phenoxy) is 6. The van der Waals surface area contributed by atoms with Gasteiger partial charge in [0.1, 0.15) is 48.4 Å². The maximum absolute atomic E-state index is 14.8. The summed E-state index contributed by atoms with van der Waals surface area (Å²) in [5.74, 6) is -0.668. The second kappa shape index (κ2) is 31.7. The predicted octanol–water partition coefficient (Wildman–Crippen LogP) is 5.60. The molecule has 1 spiro atoms. The number of piperidine rings is 1. The molecule has 10 rings (SSSR count). The van der Waals surface area contributed by atoms with Crippen LogP contribution >= 0.6 is 0 Å². The number of hydrogen-bond acceptors (Lipinski definition) is 16. The fourth-order valence-electron chi connectivity index (χ4n) is 14.0. The third-order valence-electron chi connectivity index (χ3n) is 18.6. The number of guanidine groups is 1. The molecule has 8 atom stereocenters. The molecule has 2 fully saturated rings. The number of carbonyl (C=O) groups is 8. The molecule has 0 radical (unpaired) electrons. The molecule has 7 amide bonds. The van der Waals surface area contributed by atoms with E-state index in [0.29, 0.717) is 71.8 Å². The first-order chi connectivity index (χ1) is 46.4. The van der Waals surface area contributed by atoms with Gasteiger partial charge < -0.3 is 82.0 Å². The number of alkyl carbamates (subject to hydrolysis) is 1. The van der Waals surface area contributed by atoms with E-state index in [9.17, 15) is 38.4 Å². The number of methoxy groups -OCH3 is 1. The number of rotatable bonds is 29. The first kappa shape index (κ1) is 68.5. The number of amidine groups is 1. The van der Waals surface area contributed by atoms with Crippen LogP contribution in [-0.4, -0.2) is 142 Å². The van der Waals surface area contributed by atoms with Crippen LogP contribution in [0.25, 0.3) is 10.8 Å². The van der Waals surface area contributed by atoms with E-state index >= 15 is 0 Å². The number of likely N-dealkylation sites (tertiary alicyclic amines) is 1. The van der Waals surface area contributed by atoms with E-state index in [2.05, 4.69) is 43.3 Å². The molecule has 0 aromatic heterocycles. The van der Waals surface area contributed by atoms with Crippen LogP contribution in [0, 0.1) is 28.6 Å². The van der Waals surface area contributed by atoms with E-state index < -0.39 is 77.3 Å². The van der Waals surface area contributed by atoms with Gasteiger partial charge in [-0.25, -0.2) is 14.4 Å². The van der Waals surface area contributed by atoms with Crippen molar-refractivity contribution in [2.75, 3.05) is 53.0 Å². The molecule has 2 heterocycles. The number of nitrogens with two attached hydrogens (primary N) is 2.